The van der Waals surface area contributed by atoms with E-state index in [4.69, 9.17) is 10.3 Å². The van der Waals surface area contributed by atoms with Crippen LogP contribution in [0.3, 0.4) is 0 Å². The van der Waals surface area contributed by atoms with Crippen LogP contribution >= 0.6 is 0 Å². The maximum absolute atomic E-state index is 13.6. The molecule has 0 aromatic heterocycles. The van der Waals surface area contributed by atoms with Crippen LogP contribution < -0.4 is 0 Å². The first kappa shape index (κ1) is 25.4. The topological polar surface area (TPSA) is 59.7 Å². The molecule has 0 atom stereocenters. The van der Waals surface area contributed by atoms with Crippen molar-refractivity contribution < 1.29 is 4.79 Å². The minimum Gasteiger partial charge on any atom is -0.339 e. The number of aliphatic imine (C=N–C) groups is 1. The summed E-state index contributed by atoms with van der Waals surface area (Å²) in [5.74, 6) is 1.15. The van der Waals surface area contributed by atoms with E-state index in [1.807, 2.05) is 23.1 Å². The van der Waals surface area contributed by atoms with Gasteiger partial charge in [0.2, 0.25) is 0 Å². The molecule has 1 saturated heterocycles. The van der Waals surface area contributed by atoms with Crippen molar-refractivity contribution in [3.05, 3.63) is 81.6 Å². The van der Waals surface area contributed by atoms with E-state index in [9.17, 15) is 4.79 Å². The monoisotopic (exact) mass is 494 g/mol. The van der Waals surface area contributed by atoms with Gasteiger partial charge >= 0.3 is 0 Å². The zero-order chi connectivity index (χ0) is 25.9. The summed E-state index contributed by atoms with van der Waals surface area (Å²) in [7, 11) is 2.16. The average molecular weight is 495 g/mol. The fraction of sp³-hybridized carbons (Fsp3) is 0.469. The molecule has 1 saturated carbocycles. The number of nitrogens with zero attached hydrogens (tertiary/aromatic N) is 4. The van der Waals surface area contributed by atoms with Gasteiger partial charge in [-0.15, -0.1) is 0 Å². The van der Waals surface area contributed by atoms with Gasteiger partial charge in [-0.05, 0) is 105 Å². The molecule has 5 heteroatoms. The van der Waals surface area contributed by atoms with Crippen molar-refractivity contribution in [2.75, 3.05) is 33.2 Å². The second kappa shape index (κ2) is 11.0. The molecule has 1 amide bonds. The Morgan fingerprint density at radius 2 is 1.73 bits per heavy atom. The number of rotatable bonds is 5. The zero-order valence-corrected chi connectivity index (χ0v) is 22.5. The van der Waals surface area contributed by atoms with E-state index >= 15 is 0 Å². The Labute approximate surface area is 221 Å². The fourth-order valence-corrected chi connectivity index (χ4v) is 6.01. The number of likely N-dealkylation sites (N-methyl/N-ethyl adjacent to an activating group) is 1. The molecule has 1 aliphatic carbocycles. The molecule has 2 aromatic carbocycles. The molecule has 5 nitrogen and oxygen atoms in total. The van der Waals surface area contributed by atoms with Crippen molar-refractivity contribution in [1.82, 2.24) is 9.80 Å². The van der Waals surface area contributed by atoms with Crippen LogP contribution in [-0.4, -0.2) is 54.6 Å². The third kappa shape index (κ3) is 5.55. The highest BCUT2D eigenvalue weighted by Gasteiger charge is 2.27. The molecule has 2 aliphatic heterocycles. The molecular formula is C32H38N4O. The lowest BCUT2D eigenvalue weighted by Crippen LogP contribution is -2.38. The number of benzene rings is 2. The number of hydrogen-bond acceptors (Lipinski definition) is 4. The van der Waals surface area contributed by atoms with Gasteiger partial charge in [-0.25, -0.2) is 0 Å². The van der Waals surface area contributed by atoms with Crippen molar-refractivity contribution in [2.45, 2.75) is 64.2 Å². The number of carbonyl (C=O) groups excluding carboxylic acids is 1. The van der Waals surface area contributed by atoms with Crippen molar-refractivity contribution in [2.24, 2.45) is 4.99 Å². The van der Waals surface area contributed by atoms with Crippen LogP contribution in [0.5, 0.6) is 0 Å². The van der Waals surface area contributed by atoms with Gasteiger partial charge in [0.05, 0.1) is 11.6 Å². The first-order chi connectivity index (χ1) is 17.9. The van der Waals surface area contributed by atoms with Gasteiger partial charge in [0, 0.05) is 49.6 Å². The SMILES string of the molecule is CC1=C(/N=C(\C)c2cc(C(=O)N3CCC(c4ccc(C#N)cc4)CC3)ccc2C2CCC2)CCN(C)C1. The largest absolute Gasteiger partial charge is 0.339 e. The second-order valence-corrected chi connectivity index (χ2v) is 11.1. The molecule has 5 rings (SSSR count). The summed E-state index contributed by atoms with van der Waals surface area (Å²) in [5.41, 5.74) is 8.83. The molecular weight excluding hydrogens is 456 g/mol. The highest BCUT2D eigenvalue weighted by Crippen LogP contribution is 2.39. The van der Waals surface area contributed by atoms with E-state index in [1.165, 1.54) is 41.7 Å². The predicted octanol–water partition coefficient (Wildman–Crippen LogP) is 6.26. The molecule has 3 aliphatic rings. The van der Waals surface area contributed by atoms with E-state index < -0.39 is 0 Å². The van der Waals surface area contributed by atoms with Crippen molar-refractivity contribution in [3.63, 3.8) is 0 Å². The molecule has 0 unspecified atom stereocenters. The quantitative estimate of drug-likeness (QED) is 0.461. The van der Waals surface area contributed by atoms with Crippen molar-refractivity contribution >= 4 is 11.6 Å². The summed E-state index contributed by atoms with van der Waals surface area (Å²) in [6.07, 6.45) is 6.61. The Bertz CT molecular complexity index is 1250. The van der Waals surface area contributed by atoms with E-state index in [1.54, 1.807) is 0 Å². The molecule has 2 aromatic rings. The minimum atomic E-state index is 0.127. The minimum absolute atomic E-state index is 0.127. The zero-order valence-electron chi connectivity index (χ0n) is 22.5. The second-order valence-electron chi connectivity index (χ2n) is 11.1. The van der Waals surface area contributed by atoms with Gasteiger partial charge in [0.15, 0.2) is 0 Å². The lowest BCUT2D eigenvalue weighted by Gasteiger charge is -2.33. The standard InChI is InChI=1S/C32H38N4O/c1-22-21-35(3)16-15-31(22)34-23(2)30-19-28(11-12-29(30)27-5-4-6-27)32(37)36-17-13-26(14-18-36)25-9-7-24(20-33)8-10-25/h7-12,19,26-27H,4-6,13-18,21H2,1-3H3/b34-23+. The summed E-state index contributed by atoms with van der Waals surface area (Å²) >= 11 is 0. The summed E-state index contributed by atoms with van der Waals surface area (Å²) < 4.78 is 0. The Balaban J connectivity index is 1.34. The highest BCUT2D eigenvalue weighted by atomic mass is 16.2. The molecule has 0 spiro atoms. The Kier molecular flexibility index (Phi) is 7.58. The third-order valence-corrected chi connectivity index (χ3v) is 8.56. The van der Waals surface area contributed by atoms with E-state index in [2.05, 4.69) is 56.1 Å². The summed E-state index contributed by atoms with van der Waals surface area (Å²) in [6, 6.07) is 16.5. The summed E-state index contributed by atoms with van der Waals surface area (Å²) in [4.78, 5) is 23.0. The van der Waals surface area contributed by atoms with Crippen LogP contribution in [0.15, 0.2) is 58.7 Å². The van der Waals surface area contributed by atoms with Gasteiger partial charge in [-0.1, -0.05) is 24.6 Å². The first-order valence-electron chi connectivity index (χ1n) is 13.8. The predicted molar refractivity (Wildman–Crippen MR) is 149 cm³/mol. The number of amides is 1. The van der Waals surface area contributed by atoms with Crippen LogP contribution in [0.25, 0.3) is 0 Å². The third-order valence-electron chi connectivity index (χ3n) is 8.56. The van der Waals surface area contributed by atoms with Crippen molar-refractivity contribution in [1.29, 1.82) is 5.26 Å². The van der Waals surface area contributed by atoms with Crippen LogP contribution in [0.1, 0.15) is 96.8 Å². The molecule has 0 N–H and O–H groups in total. The van der Waals surface area contributed by atoms with E-state index in [0.717, 1.165) is 62.3 Å². The lowest BCUT2D eigenvalue weighted by molar-refractivity contribution is 0.0713. The van der Waals surface area contributed by atoms with E-state index in [-0.39, 0.29) is 5.91 Å². The van der Waals surface area contributed by atoms with Crippen LogP contribution in [0.2, 0.25) is 0 Å². The number of carbonyl (C=O) groups is 1. The summed E-state index contributed by atoms with van der Waals surface area (Å²) in [6.45, 7) is 7.84. The Morgan fingerprint density at radius 1 is 1.00 bits per heavy atom. The molecule has 0 radical (unpaired) electrons. The maximum atomic E-state index is 13.6. The smallest absolute Gasteiger partial charge is 0.253 e. The van der Waals surface area contributed by atoms with Crippen LogP contribution in [0.4, 0.5) is 0 Å². The van der Waals surface area contributed by atoms with Gasteiger partial charge in [-0.3, -0.25) is 9.79 Å². The summed E-state index contributed by atoms with van der Waals surface area (Å²) in [5, 5.41) is 9.06. The Morgan fingerprint density at radius 3 is 2.35 bits per heavy atom. The molecule has 2 heterocycles. The fourth-order valence-electron chi connectivity index (χ4n) is 6.01. The van der Waals surface area contributed by atoms with Crippen molar-refractivity contribution in [3.8, 4) is 6.07 Å². The van der Waals surface area contributed by atoms with E-state index in [0.29, 0.717) is 17.4 Å². The number of hydrogen-bond donors (Lipinski definition) is 0. The number of nitriles is 1. The maximum Gasteiger partial charge on any atom is 0.253 e. The number of likely N-dealkylation sites (tertiary alicyclic amines) is 1. The lowest BCUT2D eigenvalue weighted by atomic mass is 9.77. The first-order valence-corrected chi connectivity index (χ1v) is 13.8. The van der Waals surface area contributed by atoms with Gasteiger partial charge < -0.3 is 9.80 Å². The van der Waals surface area contributed by atoms with Gasteiger partial charge in [-0.2, -0.15) is 5.26 Å². The van der Waals surface area contributed by atoms with Crippen LogP contribution in [-0.2, 0) is 0 Å². The molecule has 37 heavy (non-hydrogen) atoms. The number of piperidine rings is 1. The molecule has 0 bridgehead atoms. The molecule has 192 valence electrons. The molecule has 2 fully saturated rings. The highest BCUT2D eigenvalue weighted by molar-refractivity contribution is 6.04. The van der Waals surface area contributed by atoms with Crippen LogP contribution in [0, 0.1) is 11.3 Å². The van der Waals surface area contributed by atoms with Gasteiger partial charge in [0.1, 0.15) is 0 Å². The van der Waals surface area contributed by atoms with Gasteiger partial charge in [0.25, 0.3) is 5.91 Å². The average Bonchev–Trinajstić information content (AvgIpc) is 2.89. The Hall–Kier alpha value is -3.23. The normalized spacial score (nSPS) is 20.1.